The van der Waals surface area contributed by atoms with Crippen molar-refractivity contribution in [2.45, 2.75) is 218 Å². The fraction of sp³-hybridized carbons (Fsp3) is 0.405. The smallest absolute Gasteiger partial charge is 0.0654 e. The molecule has 0 saturated carbocycles. The molecule has 0 nitrogen and oxygen atoms in total. The molecule has 0 N–H and O–H groups in total. The Balaban J connectivity index is 1.12. The number of hydrogen-bond donors (Lipinski definition) is 0. The Morgan fingerprint density at radius 1 is 0.238 bits per heavy atom. The molecule has 9 aromatic rings. The summed E-state index contributed by atoms with van der Waals surface area (Å²) in [6.07, 6.45) is 36.0. The first-order valence-corrected chi connectivity index (χ1v) is 34.2. The number of hydrogen-bond acceptors (Lipinski definition) is 0. The van der Waals surface area contributed by atoms with Crippen LogP contribution in [0.3, 0.4) is 0 Å². The summed E-state index contributed by atoms with van der Waals surface area (Å²) < 4.78 is 0. The highest BCUT2D eigenvalue weighted by molar-refractivity contribution is 6.09. The summed E-state index contributed by atoms with van der Waals surface area (Å²) in [6, 6.07) is 74.0. The van der Waals surface area contributed by atoms with E-state index in [1.807, 2.05) is 0 Å². The standard InChI is InChI=1S/C84H98/c1-5-9-13-17-21-25-33-63-41-51-69(52-42-63)83(70-53-43-64(44-54-70)34-26-22-18-14-10-6-2)77-59-49-67-37-29-31-39-73(67)81(77)75-62-80-76(61-79(75)83)82-74-40-32-30-38-68(74)50-60-78(82)84(80,71-55-45-65(46-56-71)35-27-23-19-15-11-7-3)72-57-47-66(48-58-72)36-28-24-20-16-12-8-4/h29-32,37-62H,5-28,33-36H2,1-4H3. The van der Waals surface area contributed by atoms with Crippen LogP contribution in [0.4, 0.5) is 0 Å². The SMILES string of the molecule is CCCCCCCCc1ccc(C2(c3ccc(CCCCCCCC)cc3)c3cc4c(cc3-c3c2ccc2ccccc32)C(c2ccc(CCCCCCCC)cc2)(c2ccc(CCCCCCCC)cc2)c2ccc3ccccc3c2-4)cc1. The number of fused-ring (bicyclic) bond motifs is 10. The van der Waals surface area contributed by atoms with Crippen molar-refractivity contribution in [3.8, 4) is 22.3 Å². The first-order chi connectivity index (χ1) is 41.5. The molecule has 0 atom stereocenters. The maximum Gasteiger partial charge on any atom is 0.0714 e. The summed E-state index contributed by atoms with van der Waals surface area (Å²) in [5.41, 5.74) is 21.2. The van der Waals surface area contributed by atoms with Gasteiger partial charge in [0.15, 0.2) is 0 Å². The summed E-state index contributed by atoms with van der Waals surface area (Å²) in [5, 5.41) is 5.26. The topological polar surface area (TPSA) is 0 Å². The maximum absolute atomic E-state index is 2.74. The van der Waals surface area contributed by atoms with Crippen molar-refractivity contribution in [1.29, 1.82) is 0 Å². The van der Waals surface area contributed by atoms with Gasteiger partial charge in [-0.25, -0.2) is 0 Å². The quantitative estimate of drug-likeness (QED) is 0.0369. The summed E-state index contributed by atoms with van der Waals surface area (Å²) in [7, 11) is 0. The van der Waals surface area contributed by atoms with Crippen LogP contribution in [0.25, 0.3) is 43.8 Å². The predicted molar refractivity (Wildman–Crippen MR) is 364 cm³/mol. The Morgan fingerprint density at radius 3 is 0.786 bits per heavy atom. The summed E-state index contributed by atoms with van der Waals surface area (Å²) in [5.74, 6) is 0. The first kappa shape index (κ1) is 59.2. The van der Waals surface area contributed by atoms with Crippen molar-refractivity contribution in [3.63, 3.8) is 0 Å². The highest BCUT2D eigenvalue weighted by atomic mass is 14.5. The van der Waals surface area contributed by atoms with Crippen LogP contribution in [0.1, 0.15) is 249 Å². The lowest BCUT2D eigenvalue weighted by atomic mass is 9.65. The monoisotopic (exact) mass is 1110 g/mol. The molecule has 0 heterocycles. The molecular weight excluding hydrogens is 1010 g/mol. The maximum atomic E-state index is 2.74. The Bertz CT molecular complexity index is 3170. The number of unbranched alkanes of at least 4 members (excludes halogenated alkanes) is 20. The van der Waals surface area contributed by atoms with Crippen LogP contribution >= 0.6 is 0 Å². The third kappa shape index (κ3) is 12.2. The number of aryl methyl sites for hydroxylation is 4. The molecule has 9 aromatic carbocycles. The minimum Gasteiger partial charge on any atom is -0.0654 e. The van der Waals surface area contributed by atoms with Crippen molar-refractivity contribution < 1.29 is 0 Å². The van der Waals surface area contributed by atoms with Crippen molar-refractivity contribution in [3.05, 3.63) is 249 Å². The molecule has 0 saturated heterocycles. The molecule has 0 aliphatic heterocycles. The van der Waals surface area contributed by atoms with Crippen LogP contribution < -0.4 is 0 Å². The Kier molecular flexibility index (Phi) is 20.2. The average Bonchev–Trinajstić information content (AvgIpc) is 1.53. The molecule has 0 spiro atoms. The second kappa shape index (κ2) is 28.6. The van der Waals surface area contributed by atoms with E-state index in [0.717, 1.165) is 25.7 Å². The second-order valence-corrected chi connectivity index (χ2v) is 25.7. The van der Waals surface area contributed by atoms with Crippen molar-refractivity contribution in [1.82, 2.24) is 0 Å². The fourth-order valence-corrected chi connectivity index (χ4v) is 15.4. The van der Waals surface area contributed by atoms with Crippen LogP contribution in [0.5, 0.6) is 0 Å². The van der Waals surface area contributed by atoms with Gasteiger partial charge in [-0.1, -0.05) is 326 Å². The van der Waals surface area contributed by atoms with Crippen molar-refractivity contribution in [2.75, 3.05) is 0 Å². The van der Waals surface area contributed by atoms with Gasteiger partial charge in [-0.15, -0.1) is 0 Å². The Morgan fingerprint density at radius 2 is 0.500 bits per heavy atom. The van der Waals surface area contributed by atoms with E-state index >= 15 is 0 Å². The van der Waals surface area contributed by atoms with E-state index in [4.69, 9.17) is 0 Å². The van der Waals surface area contributed by atoms with Crippen LogP contribution in [0.2, 0.25) is 0 Å². The summed E-state index contributed by atoms with van der Waals surface area (Å²) in [6.45, 7) is 9.27. The molecule has 2 aliphatic rings. The fourth-order valence-electron chi connectivity index (χ4n) is 15.4. The Labute approximate surface area is 508 Å². The van der Waals surface area contributed by atoms with Gasteiger partial charge in [0.25, 0.3) is 0 Å². The molecule has 0 amide bonds. The van der Waals surface area contributed by atoms with Gasteiger partial charge in [0.2, 0.25) is 0 Å². The minimum absolute atomic E-state index is 0.562. The van der Waals surface area contributed by atoms with Crippen LogP contribution in [-0.4, -0.2) is 0 Å². The molecule has 11 rings (SSSR count). The Hall–Kier alpha value is -6.50. The average molecular weight is 1110 g/mol. The van der Waals surface area contributed by atoms with Crippen molar-refractivity contribution >= 4 is 21.5 Å². The molecule has 0 unspecified atom stereocenters. The third-order valence-corrected chi connectivity index (χ3v) is 20.0. The number of benzene rings is 9. The van der Waals surface area contributed by atoms with Gasteiger partial charge in [-0.3, -0.25) is 0 Å². The van der Waals surface area contributed by atoms with Gasteiger partial charge in [0, 0.05) is 0 Å². The summed E-state index contributed by atoms with van der Waals surface area (Å²) >= 11 is 0. The van der Waals surface area contributed by atoms with E-state index in [-0.39, 0.29) is 0 Å². The first-order valence-electron chi connectivity index (χ1n) is 34.2. The van der Waals surface area contributed by atoms with Crippen molar-refractivity contribution in [2.24, 2.45) is 0 Å². The molecule has 0 fully saturated rings. The van der Waals surface area contributed by atoms with E-state index in [2.05, 4.69) is 210 Å². The normalized spacial score (nSPS) is 13.6. The molecule has 84 heavy (non-hydrogen) atoms. The van der Waals surface area contributed by atoms with E-state index in [0.29, 0.717) is 0 Å². The zero-order valence-corrected chi connectivity index (χ0v) is 52.1. The second-order valence-electron chi connectivity index (χ2n) is 25.7. The lowest BCUT2D eigenvalue weighted by molar-refractivity contribution is 0.607. The minimum atomic E-state index is -0.562. The highest BCUT2D eigenvalue weighted by Gasteiger charge is 2.52. The molecule has 434 valence electrons. The van der Waals surface area contributed by atoms with Gasteiger partial charge in [-0.2, -0.15) is 0 Å². The molecular formula is C84H98. The summed E-state index contributed by atoms with van der Waals surface area (Å²) in [4.78, 5) is 0. The largest absolute Gasteiger partial charge is 0.0714 e. The highest BCUT2D eigenvalue weighted by Crippen LogP contribution is 2.64. The van der Waals surface area contributed by atoms with E-state index in [1.54, 1.807) is 0 Å². The molecule has 0 aromatic heterocycles. The van der Waals surface area contributed by atoms with Crippen LogP contribution in [0.15, 0.2) is 182 Å². The zero-order valence-electron chi connectivity index (χ0n) is 52.1. The lowest BCUT2D eigenvalue weighted by Crippen LogP contribution is -2.30. The lowest BCUT2D eigenvalue weighted by Gasteiger charge is -2.36. The molecule has 2 aliphatic carbocycles. The van der Waals surface area contributed by atoms with Gasteiger partial charge >= 0.3 is 0 Å². The van der Waals surface area contributed by atoms with Crippen LogP contribution in [0, 0.1) is 0 Å². The number of rotatable bonds is 32. The van der Waals surface area contributed by atoms with Gasteiger partial charge in [0.05, 0.1) is 10.8 Å². The third-order valence-electron chi connectivity index (χ3n) is 20.0. The molecule has 0 radical (unpaired) electrons. The van der Waals surface area contributed by atoms with E-state index < -0.39 is 10.8 Å². The predicted octanol–water partition coefficient (Wildman–Crippen LogP) is 24.3. The van der Waals surface area contributed by atoms with Gasteiger partial charge in [-0.05, 0) is 174 Å². The van der Waals surface area contributed by atoms with Gasteiger partial charge in [0.1, 0.15) is 0 Å². The van der Waals surface area contributed by atoms with E-state index in [1.165, 1.54) is 265 Å². The van der Waals surface area contributed by atoms with E-state index in [9.17, 15) is 0 Å². The molecule has 0 bridgehead atoms. The van der Waals surface area contributed by atoms with Gasteiger partial charge < -0.3 is 0 Å². The van der Waals surface area contributed by atoms with Crippen LogP contribution in [-0.2, 0) is 36.5 Å². The molecule has 0 heteroatoms. The zero-order chi connectivity index (χ0) is 57.6.